The topological polar surface area (TPSA) is 55.1 Å². The molecule has 0 aromatic rings. The first-order valence-corrected chi connectivity index (χ1v) is 7.72. The number of amides is 1. The molecule has 0 radical (unpaired) electrons. The number of carbonyl (C=O) groups excluding carboxylic acids is 1. The lowest BCUT2D eigenvalue weighted by atomic mass is 9.77. The van der Waals surface area contributed by atoms with Gasteiger partial charge in [-0.3, -0.25) is 4.79 Å². The van der Waals surface area contributed by atoms with Gasteiger partial charge >= 0.3 is 0 Å². The molecule has 2 aliphatic rings. The van der Waals surface area contributed by atoms with E-state index in [-0.39, 0.29) is 17.9 Å². The highest BCUT2D eigenvalue weighted by Crippen LogP contribution is 2.29. The number of rotatable bonds is 2. The van der Waals surface area contributed by atoms with Crippen LogP contribution >= 0.6 is 0 Å². The SMILES string of the molecule is CC1CCC(N)CC1C(=O)NC1CCCCCC1. The molecule has 3 unspecified atom stereocenters. The molecule has 3 atom stereocenters. The first-order valence-electron chi connectivity index (χ1n) is 7.72. The molecule has 3 heteroatoms. The number of hydrogen-bond donors (Lipinski definition) is 2. The highest BCUT2D eigenvalue weighted by atomic mass is 16.2. The van der Waals surface area contributed by atoms with E-state index in [1.165, 1.54) is 38.5 Å². The standard InChI is InChI=1S/C15H28N2O/c1-11-8-9-12(16)10-14(11)15(18)17-13-6-4-2-3-5-7-13/h11-14H,2-10,16H2,1H3,(H,17,18). The molecule has 0 bridgehead atoms. The molecule has 2 rings (SSSR count). The lowest BCUT2D eigenvalue weighted by Gasteiger charge is -2.32. The Hall–Kier alpha value is -0.570. The van der Waals surface area contributed by atoms with E-state index < -0.39 is 0 Å². The van der Waals surface area contributed by atoms with Gasteiger partial charge in [-0.1, -0.05) is 32.6 Å². The van der Waals surface area contributed by atoms with Crippen LogP contribution in [0, 0.1) is 11.8 Å². The zero-order valence-corrected chi connectivity index (χ0v) is 11.7. The van der Waals surface area contributed by atoms with Crippen LogP contribution in [0.2, 0.25) is 0 Å². The molecule has 104 valence electrons. The number of nitrogens with one attached hydrogen (secondary N) is 1. The highest BCUT2D eigenvalue weighted by Gasteiger charge is 2.32. The van der Waals surface area contributed by atoms with E-state index in [0.29, 0.717) is 12.0 Å². The van der Waals surface area contributed by atoms with Crippen molar-refractivity contribution >= 4 is 5.91 Å². The van der Waals surface area contributed by atoms with Gasteiger partial charge in [-0.15, -0.1) is 0 Å². The Bertz CT molecular complexity index is 272. The lowest BCUT2D eigenvalue weighted by Crippen LogP contribution is -2.45. The molecule has 0 saturated heterocycles. The van der Waals surface area contributed by atoms with Gasteiger partial charge in [-0.2, -0.15) is 0 Å². The summed E-state index contributed by atoms with van der Waals surface area (Å²) in [6, 6.07) is 0.649. The molecule has 0 spiro atoms. The summed E-state index contributed by atoms with van der Waals surface area (Å²) in [6.07, 6.45) is 10.6. The quantitative estimate of drug-likeness (QED) is 0.742. The van der Waals surface area contributed by atoms with Gasteiger partial charge in [0.25, 0.3) is 0 Å². The second-order valence-electron chi connectivity index (χ2n) is 6.35. The van der Waals surface area contributed by atoms with Crippen molar-refractivity contribution in [1.29, 1.82) is 0 Å². The first kappa shape index (κ1) is 13.9. The number of hydrogen-bond acceptors (Lipinski definition) is 2. The van der Waals surface area contributed by atoms with Crippen molar-refractivity contribution < 1.29 is 4.79 Å². The summed E-state index contributed by atoms with van der Waals surface area (Å²) in [5, 5.41) is 3.29. The molecule has 2 fully saturated rings. The Morgan fingerprint density at radius 3 is 2.39 bits per heavy atom. The fraction of sp³-hybridized carbons (Fsp3) is 0.933. The molecular weight excluding hydrogens is 224 g/mol. The molecule has 3 nitrogen and oxygen atoms in total. The van der Waals surface area contributed by atoms with Crippen molar-refractivity contribution in [3.05, 3.63) is 0 Å². The summed E-state index contributed by atoms with van der Waals surface area (Å²) in [5.41, 5.74) is 6.00. The molecule has 0 heterocycles. The summed E-state index contributed by atoms with van der Waals surface area (Å²) >= 11 is 0. The average Bonchev–Trinajstić information content (AvgIpc) is 2.61. The first-order chi connectivity index (χ1) is 8.66. The van der Waals surface area contributed by atoms with Crippen LogP contribution in [-0.2, 0) is 4.79 Å². The summed E-state index contributed by atoms with van der Waals surface area (Å²) in [7, 11) is 0. The molecule has 0 aromatic carbocycles. The summed E-state index contributed by atoms with van der Waals surface area (Å²) in [6.45, 7) is 2.20. The Morgan fingerprint density at radius 1 is 1.06 bits per heavy atom. The van der Waals surface area contributed by atoms with Crippen LogP contribution in [0.3, 0.4) is 0 Å². The minimum Gasteiger partial charge on any atom is -0.353 e. The number of carbonyl (C=O) groups is 1. The largest absolute Gasteiger partial charge is 0.353 e. The predicted molar refractivity (Wildman–Crippen MR) is 74.1 cm³/mol. The van der Waals surface area contributed by atoms with Crippen LogP contribution in [0.25, 0.3) is 0 Å². The van der Waals surface area contributed by atoms with E-state index in [0.717, 1.165) is 19.3 Å². The van der Waals surface area contributed by atoms with Crippen molar-refractivity contribution in [3.63, 3.8) is 0 Å². The van der Waals surface area contributed by atoms with Gasteiger partial charge in [-0.05, 0) is 38.0 Å². The van der Waals surface area contributed by atoms with Crippen LogP contribution in [0.15, 0.2) is 0 Å². The minimum absolute atomic E-state index is 0.150. The van der Waals surface area contributed by atoms with Gasteiger partial charge in [0.2, 0.25) is 5.91 Å². The van der Waals surface area contributed by atoms with Crippen molar-refractivity contribution in [1.82, 2.24) is 5.32 Å². The Balaban J connectivity index is 1.85. The van der Waals surface area contributed by atoms with E-state index in [9.17, 15) is 4.79 Å². The summed E-state index contributed by atoms with van der Waals surface area (Å²) in [5.74, 6) is 0.914. The molecule has 0 aromatic heterocycles. The van der Waals surface area contributed by atoms with Crippen molar-refractivity contribution in [2.45, 2.75) is 76.8 Å². The fourth-order valence-corrected chi connectivity index (χ4v) is 3.45. The molecular formula is C15H28N2O. The normalized spacial score (nSPS) is 34.9. The zero-order chi connectivity index (χ0) is 13.0. The molecule has 18 heavy (non-hydrogen) atoms. The van der Waals surface area contributed by atoms with Crippen LogP contribution in [0.4, 0.5) is 0 Å². The van der Waals surface area contributed by atoms with E-state index in [2.05, 4.69) is 12.2 Å². The lowest BCUT2D eigenvalue weighted by molar-refractivity contribution is -0.128. The van der Waals surface area contributed by atoms with Crippen molar-refractivity contribution in [2.75, 3.05) is 0 Å². The van der Waals surface area contributed by atoms with Crippen LogP contribution in [0.5, 0.6) is 0 Å². The van der Waals surface area contributed by atoms with Gasteiger partial charge in [0, 0.05) is 18.0 Å². The van der Waals surface area contributed by atoms with E-state index >= 15 is 0 Å². The summed E-state index contributed by atoms with van der Waals surface area (Å²) in [4.78, 5) is 12.4. The van der Waals surface area contributed by atoms with Gasteiger partial charge in [0.15, 0.2) is 0 Å². The summed E-state index contributed by atoms with van der Waals surface area (Å²) < 4.78 is 0. The van der Waals surface area contributed by atoms with Gasteiger partial charge in [-0.25, -0.2) is 0 Å². The second kappa shape index (κ2) is 6.55. The zero-order valence-electron chi connectivity index (χ0n) is 11.7. The van der Waals surface area contributed by atoms with Gasteiger partial charge < -0.3 is 11.1 Å². The maximum Gasteiger partial charge on any atom is 0.223 e. The Kier molecular flexibility index (Phi) is 5.04. The third-order valence-electron chi connectivity index (χ3n) is 4.77. The molecule has 2 aliphatic carbocycles. The molecule has 0 aliphatic heterocycles. The van der Waals surface area contributed by atoms with Crippen LogP contribution in [0.1, 0.15) is 64.7 Å². The minimum atomic E-state index is 0.150. The molecule has 1 amide bonds. The van der Waals surface area contributed by atoms with E-state index in [1.807, 2.05) is 0 Å². The fourth-order valence-electron chi connectivity index (χ4n) is 3.45. The van der Waals surface area contributed by atoms with Crippen LogP contribution < -0.4 is 11.1 Å². The van der Waals surface area contributed by atoms with Gasteiger partial charge in [0.05, 0.1) is 0 Å². The third kappa shape index (κ3) is 3.71. The maximum absolute atomic E-state index is 12.4. The Labute approximate surface area is 111 Å². The maximum atomic E-state index is 12.4. The van der Waals surface area contributed by atoms with Crippen LogP contribution in [-0.4, -0.2) is 18.0 Å². The van der Waals surface area contributed by atoms with Crippen molar-refractivity contribution in [3.8, 4) is 0 Å². The van der Waals surface area contributed by atoms with E-state index in [4.69, 9.17) is 5.73 Å². The monoisotopic (exact) mass is 252 g/mol. The van der Waals surface area contributed by atoms with Gasteiger partial charge in [0.1, 0.15) is 0 Å². The molecule has 2 saturated carbocycles. The smallest absolute Gasteiger partial charge is 0.223 e. The second-order valence-corrected chi connectivity index (χ2v) is 6.35. The number of nitrogens with two attached hydrogens (primary N) is 1. The van der Waals surface area contributed by atoms with Crippen molar-refractivity contribution in [2.24, 2.45) is 17.6 Å². The Morgan fingerprint density at radius 2 is 1.72 bits per heavy atom. The predicted octanol–water partition coefficient (Wildman–Crippen LogP) is 2.59. The molecule has 3 N–H and O–H groups in total. The average molecular weight is 252 g/mol. The third-order valence-corrected chi connectivity index (χ3v) is 4.77. The van der Waals surface area contributed by atoms with E-state index in [1.54, 1.807) is 0 Å². The highest BCUT2D eigenvalue weighted by molar-refractivity contribution is 5.79.